The Morgan fingerprint density at radius 1 is 1.14 bits per heavy atom. The molecule has 0 saturated heterocycles. The maximum Gasteiger partial charge on any atom is 0.309 e. The average molecular weight is 420 g/mol. The Balaban J connectivity index is 1.47. The van der Waals surface area contributed by atoms with Crippen LogP contribution >= 0.6 is 11.3 Å². The highest BCUT2D eigenvalue weighted by Crippen LogP contribution is 2.40. The quantitative estimate of drug-likeness (QED) is 0.563. The number of nitrogens with one attached hydrogen (secondary N) is 1. The summed E-state index contributed by atoms with van der Waals surface area (Å²) in [5.74, 6) is -0.662. The van der Waals surface area contributed by atoms with E-state index in [0.717, 1.165) is 24.1 Å². The lowest BCUT2D eigenvalue weighted by atomic mass is 9.67. The van der Waals surface area contributed by atoms with Crippen LogP contribution < -0.4 is 5.32 Å². The molecule has 2 bridgehead atoms. The number of amides is 1. The highest BCUT2D eigenvalue weighted by atomic mass is 32.1. The Morgan fingerprint density at radius 3 is 2.41 bits per heavy atom. The van der Waals surface area contributed by atoms with Crippen molar-refractivity contribution in [3.8, 4) is 0 Å². The summed E-state index contributed by atoms with van der Waals surface area (Å²) in [5.41, 5.74) is -0.466. The standard InChI is InChI=1S/C22H29NO5S/c1-22(2,3)21(27)23-11-16-7-8-18(29-16)17(24)12-28-20(26)15-9-13-5-4-6-14(10-15)19(13)25/h7-8,13-15H,4-6,9-12H2,1-3H3,(H,23,27)/t13-,14+,15?. The Hall–Kier alpha value is -2.02. The van der Waals surface area contributed by atoms with Gasteiger partial charge in [-0.1, -0.05) is 27.2 Å². The Morgan fingerprint density at radius 2 is 1.79 bits per heavy atom. The molecule has 0 aliphatic heterocycles. The van der Waals surface area contributed by atoms with Crippen molar-refractivity contribution in [1.29, 1.82) is 0 Å². The van der Waals surface area contributed by atoms with Crippen molar-refractivity contribution >= 4 is 34.8 Å². The number of carbonyl (C=O) groups excluding carboxylic acids is 4. The van der Waals surface area contributed by atoms with E-state index in [2.05, 4.69) is 5.32 Å². The number of Topliss-reactive ketones (excluding diaryl/α,β-unsaturated/α-hetero) is 2. The number of hydrogen-bond acceptors (Lipinski definition) is 6. The van der Waals surface area contributed by atoms with E-state index in [1.807, 2.05) is 20.8 Å². The van der Waals surface area contributed by atoms with Crippen LogP contribution in [0.15, 0.2) is 12.1 Å². The number of carbonyl (C=O) groups is 4. The van der Waals surface area contributed by atoms with Gasteiger partial charge in [-0.2, -0.15) is 0 Å². The van der Waals surface area contributed by atoms with Gasteiger partial charge in [0, 0.05) is 22.1 Å². The Kier molecular flexibility index (Phi) is 6.56. The van der Waals surface area contributed by atoms with Gasteiger partial charge >= 0.3 is 5.97 Å². The van der Waals surface area contributed by atoms with Crippen molar-refractivity contribution in [3.05, 3.63) is 21.9 Å². The van der Waals surface area contributed by atoms with E-state index in [1.165, 1.54) is 11.3 Å². The second-order valence-corrected chi connectivity index (χ2v) is 10.3. The zero-order valence-corrected chi connectivity index (χ0v) is 18.1. The topological polar surface area (TPSA) is 89.5 Å². The summed E-state index contributed by atoms with van der Waals surface area (Å²) in [6, 6.07) is 3.50. The number of ether oxygens (including phenoxy) is 1. The lowest BCUT2D eigenvalue weighted by molar-refractivity contribution is -0.152. The first kappa shape index (κ1) is 21.7. The van der Waals surface area contributed by atoms with E-state index in [4.69, 9.17) is 4.74 Å². The molecule has 2 saturated carbocycles. The molecule has 2 aliphatic rings. The molecule has 1 N–H and O–H groups in total. The first-order valence-corrected chi connectivity index (χ1v) is 11.1. The molecule has 6 nitrogen and oxygen atoms in total. The van der Waals surface area contributed by atoms with Crippen molar-refractivity contribution in [2.24, 2.45) is 23.2 Å². The second kappa shape index (κ2) is 8.78. The van der Waals surface area contributed by atoms with Crippen molar-refractivity contribution < 1.29 is 23.9 Å². The summed E-state index contributed by atoms with van der Waals surface area (Å²) >= 11 is 1.29. The van der Waals surface area contributed by atoms with E-state index in [9.17, 15) is 19.2 Å². The van der Waals surface area contributed by atoms with E-state index < -0.39 is 5.41 Å². The van der Waals surface area contributed by atoms with Crippen LogP contribution in [0.25, 0.3) is 0 Å². The number of hydrogen-bond donors (Lipinski definition) is 1. The zero-order chi connectivity index (χ0) is 21.2. The van der Waals surface area contributed by atoms with Crippen LogP contribution in [-0.4, -0.2) is 30.0 Å². The molecule has 1 heterocycles. The van der Waals surface area contributed by atoms with E-state index >= 15 is 0 Å². The summed E-state index contributed by atoms with van der Waals surface area (Å²) < 4.78 is 5.29. The summed E-state index contributed by atoms with van der Waals surface area (Å²) in [6.45, 7) is 5.61. The Labute approximate surface area is 175 Å². The van der Waals surface area contributed by atoms with Crippen molar-refractivity contribution in [2.45, 2.75) is 59.4 Å². The summed E-state index contributed by atoms with van der Waals surface area (Å²) in [5, 5.41) is 2.85. The van der Waals surface area contributed by atoms with Crippen LogP contribution in [0.5, 0.6) is 0 Å². The first-order valence-electron chi connectivity index (χ1n) is 10.3. The largest absolute Gasteiger partial charge is 0.457 e. The lowest BCUT2D eigenvalue weighted by Crippen LogP contribution is -2.39. The molecule has 2 fully saturated rings. The number of ketones is 2. The van der Waals surface area contributed by atoms with Gasteiger partial charge in [0.2, 0.25) is 11.7 Å². The zero-order valence-electron chi connectivity index (χ0n) is 17.3. The molecule has 1 aromatic rings. The summed E-state index contributed by atoms with van der Waals surface area (Å²) in [7, 11) is 0. The monoisotopic (exact) mass is 419 g/mol. The number of esters is 1. The number of rotatable bonds is 6. The number of fused-ring (bicyclic) bond motifs is 2. The van der Waals surface area contributed by atoms with Crippen LogP contribution in [0.1, 0.15) is 67.4 Å². The molecule has 0 spiro atoms. The summed E-state index contributed by atoms with van der Waals surface area (Å²) in [6.07, 6.45) is 3.89. The molecule has 0 aromatic carbocycles. The van der Waals surface area contributed by atoms with Gasteiger partial charge in [0.15, 0.2) is 6.61 Å². The van der Waals surface area contributed by atoms with Crippen LogP contribution in [-0.2, 0) is 25.7 Å². The van der Waals surface area contributed by atoms with Gasteiger partial charge in [0.25, 0.3) is 0 Å². The molecule has 158 valence electrons. The molecule has 3 atom stereocenters. The first-order chi connectivity index (χ1) is 13.6. The SMILES string of the molecule is CC(C)(C)C(=O)NCc1ccc(C(=O)COC(=O)C2C[C@H]3CCC[C@@H](C2)C3=O)s1. The highest BCUT2D eigenvalue weighted by molar-refractivity contribution is 7.14. The molecule has 1 aromatic heterocycles. The third-order valence-corrected chi connectivity index (χ3v) is 6.89. The third-order valence-electron chi connectivity index (χ3n) is 5.77. The molecule has 3 rings (SSSR count). The molecule has 1 unspecified atom stereocenters. The van der Waals surface area contributed by atoms with Gasteiger partial charge in [-0.25, -0.2) is 0 Å². The van der Waals surface area contributed by atoms with Gasteiger partial charge in [-0.3, -0.25) is 19.2 Å². The van der Waals surface area contributed by atoms with Gasteiger partial charge in [-0.15, -0.1) is 11.3 Å². The van der Waals surface area contributed by atoms with Crippen molar-refractivity contribution in [1.82, 2.24) is 5.32 Å². The summed E-state index contributed by atoms with van der Waals surface area (Å²) in [4.78, 5) is 50.3. The minimum Gasteiger partial charge on any atom is -0.457 e. The predicted octanol–water partition coefficient (Wildman–Crippen LogP) is 3.53. The average Bonchev–Trinajstić information content (AvgIpc) is 3.12. The minimum atomic E-state index is -0.466. The fourth-order valence-electron chi connectivity index (χ4n) is 4.05. The fourth-order valence-corrected chi connectivity index (χ4v) is 4.92. The van der Waals surface area contributed by atoms with E-state index in [0.29, 0.717) is 30.0 Å². The third kappa shape index (κ3) is 5.32. The van der Waals surface area contributed by atoms with Crippen LogP contribution in [0.3, 0.4) is 0 Å². The number of thiophene rings is 1. The minimum absolute atomic E-state index is 0.0149. The van der Waals surface area contributed by atoms with Gasteiger partial charge in [0.1, 0.15) is 5.78 Å². The van der Waals surface area contributed by atoms with Crippen molar-refractivity contribution in [3.63, 3.8) is 0 Å². The highest BCUT2D eigenvalue weighted by Gasteiger charge is 2.41. The molecule has 7 heteroatoms. The smallest absolute Gasteiger partial charge is 0.309 e. The van der Waals surface area contributed by atoms with Crippen LogP contribution in [0.4, 0.5) is 0 Å². The predicted molar refractivity (Wildman–Crippen MR) is 109 cm³/mol. The van der Waals surface area contributed by atoms with Gasteiger partial charge in [0.05, 0.1) is 17.3 Å². The fraction of sp³-hybridized carbons (Fsp3) is 0.636. The molecule has 1 amide bonds. The lowest BCUT2D eigenvalue weighted by Gasteiger charge is -2.36. The van der Waals surface area contributed by atoms with Crippen LogP contribution in [0.2, 0.25) is 0 Å². The molecule has 2 aliphatic carbocycles. The normalized spacial score (nSPS) is 24.1. The second-order valence-electron chi connectivity index (χ2n) is 9.12. The molecule has 0 radical (unpaired) electrons. The van der Waals surface area contributed by atoms with Crippen molar-refractivity contribution in [2.75, 3.05) is 6.61 Å². The van der Waals surface area contributed by atoms with E-state index in [1.54, 1.807) is 12.1 Å². The van der Waals surface area contributed by atoms with Crippen LogP contribution in [0, 0.1) is 23.2 Å². The maximum absolute atomic E-state index is 12.4. The van der Waals surface area contributed by atoms with E-state index in [-0.39, 0.29) is 42.0 Å². The van der Waals surface area contributed by atoms with Gasteiger partial charge in [-0.05, 0) is 37.8 Å². The van der Waals surface area contributed by atoms with Gasteiger partial charge < -0.3 is 10.1 Å². The molecular weight excluding hydrogens is 390 g/mol. The maximum atomic E-state index is 12.4. The Bertz CT molecular complexity index is 790. The molecular formula is C22H29NO5S. The molecule has 29 heavy (non-hydrogen) atoms.